The van der Waals surface area contributed by atoms with E-state index in [1.165, 1.54) is 0 Å². The van der Waals surface area contributed by atoms with Crippen molar-refractivity contribution in [2.45, 2.75) is 13.0 Å². The van der Waals surface area contributed by atoms with Crippen molar-refractivity contribution in [1.82, 2.24) is 9.55 Å². The molecule has 0 aliphatic carbocycles. The van der Waals surface area contributed by atoms with Gasteiger partial charge in [0.25, 0.3) is 0 Å². The van der Waals surface area contributed by atoms with E-state index >= 15 is 0 Å². The largest absolute Gasteiger partial charge is 0.323 e. The van der Waals surface area contributed by atoms with Gasteiger partial charge in [0.15, 0.2) is 0 Å². The second-order valence-corrected chi connectivity index (χ2v) is 4.48. The molecule has 1 heterocycles. The molecule has 16 heavy (non-hydrogen) atoms. The van der Waals surface area contributed by atoms with E-state index in [-0.39, 0.29) is 6.04 Å². The molecule has 0 saturated carbocycles. The van der Waals surface area contributed by atoms with Gasteiger partial charge in [0, 0.05) is 21.8 Å². The monoisotopic (exact) mass is 255 g/mol. The Morgan fingerprint density at radius 3 is 2.44 bits per heavy atom. The Hall–Kier alpha value is -1.03. The Balaban J connectivity index is 2.54. The van der Waals surface area contributed by atoms with E-state index in [0.717, 1.165) is 11.4 Å². The first-order valence-electron chi connectivity index (χ1n) is 4.82. The van der Waals surface area contributed by atoms with E-state index < -0.39 is 0 Å². The van der Waals surface area contributed by atoms with E-state index in [1.54, 1.807) is 18.6 Å². The van der Waals surface area contributed by atoms with Crippen molar-refractivity contribution in [3.8, 4) is 5.69 Å². The summed E-state index contributed by atoms with van der Waals surface area (Å²) in [5.41, 5.74) is 7.62. The molecule has 0 spiro atoms. The lowest BCUT2D eigenvalue weighted by molar-refractivity contribution is 0.752. The van der Waals surface area contributed by atoms with Crippen LogP contribution in [0.3, 0.4) is 0 Å². The molecule has 0 aliphatic rings. The lowest BCUT2D eigenvalue weighted by atomic mass is 10.2. The van der Waals surface area contributed by atoms with Crippen LogP contribution in [0.5, 0.6) is 0 Å². The second-order valence-electron chi connectivity index (χ2n) is 3.60. The number of nitrogens with zero attached hydrogens (tertiary/aromatic N) is 2. The van der Waals surface area contributed by atoms with Crippen LogP contribution < -0.4 is 5.73 Å². The van der Waals surface area contributed by atoms with Gasteiger partial charge in [-0.25, -0.2) is 4.98 Å². The molecule has 0 radical (unpaired) electrons. The number of nitrogens with two attached hydrogens (primary N) is 1. The van der Waals surface area contributed by atoms with Crippen molar-refractivity contribution < 1.29 is 0 Å². The van der Waals surface area contributed by atoms with Crippen LogP contribution in [0.2, 0.25) is 10.0 Å². The smallest absolute Gasteiger partial charge is 0.0994 e. The van der Waals surface area contributed by atoms with Gasteiger partial charge < -0.3 is 10.3 Å². The molecular formula is C11H11Cl2N3. The zero-order chi connectivity index (χ0) is 11.7. The summed E-state index contributed by atoms with van der Waals surface area (Å²) >= 11 is 11.9. The molecule has 5 heteroatoms. The number of imidazole rings is 1. The number of hydrogen-bond donors (Lipinski definition) is 1. The average Bonchev–Trinajstić information content (AvgIpc) is 2.63. The highest BCUT2D eigenvalue weighted by molar-refractivity contribution is 6.34. The molecule has 0 aliphatic heterocycles. The molecule has 1 atom stereocenters. The molecule has 1 aromatic carbocycles. The zero-order valence-corrected chi connectivity index (χ0v) is 10.2. The van der Waals surface area contributed by atoms with Crippen molar-refractivity contribution in [3.63, 3.8) is 0 Å². The van der Waals surface area contributed by atoms with Crippen LogP contribution in [-0.2, 0) is 0 Å². The fraction of sp³-hybridized carbons (Fsp3) is 0.182. The fourth-order valence-corrected chi connectivity index (χ4v) is 2.05. The first kappa shape index (κ1) is 11.5. The van der Waals surface area contributed by atoms with Gasteiger partial charge in [-0.1, -0.05) is 23.2 Å². The molecule has 0 amide bonds. The normalized spacial score (nSPS) is 12.8. The minimum Gasteiger partial charge on any atom is -0.323 e. The zero-order valence-electron chi connectivity index (χ0n) is 8.69. The molecule has 0 bridgehead atoms. The SMILES string of the molecule is CC(N)c1cncn1-c1cc(Cl)cc(Cl)c1. The van der Waals surface area contributed by atoms with E-state index in [2.05, 4.69) is 4.98 Å². The predicted octanol–water partition coefficient (Wildman–Crippen LogP) is 3.20. The Labute approximate surface area is 104 Å². The van der Waals surface area contributed by atoms with Crippen LogP contribution in [0.1, 0.15) is 18.7 Å². The Bertz CT molecular complexity index is 485. The number of benzene rings is 1. The van der Waals surface area contributed by atoms with Gasteiger partial charge in [-0.3, -0.25) is 0 Å². The quantitative estimate of drug-likeness (QED) is 0.896. The van der Waals surface area contributed by atoms with Crippen molar-refractivity contribution in [2.24, 2.45) is 5.73 Å². The van der Waals surface area contributed by atoms with Gasteiger partial charge in [0.1, 0.15) is 0 Å². The number of hydrogen-bond acceptors (Lipinski definition) is 2. The van der Waals surface area contributed by atoms with Gasteiger partial charge in [-0.15, -0.1) is 0 Å². The molecule has 0 saturated heterocycles. The van der Waals surface area contributed by atoms with Crippen LogP contribution in [0.15, 0.2) is 30.7 Å². The van der Waals surface area contributed by atoms with Gasteiger partial charge in [-0.2, -0.15) is 0 Å². The molecule has 3 nitrogen and oxygen atoms in total. The summed E-state index contributed by atoms with van der Waals surface area (Å²) < 4.78 is 1.88. The minimum atomic E-state index is -0.0970. The molecule has 1 aromatic heterocycles. The number of halogens is 2. The highest BCUT2D eigenvalue weighted by Gasteiger charge is 2.09. The Kier molecular flexibility index (Phi) is 3.19. The summed E-state index contributed by atoms with van der Waals surface area (Å²) in [7, 11) is 0. The number of rotatable bonds is 2. The maximum absolute atomic E-state index is 5.95. The van der Waals surface area contributed by atoms with Gasteiger partial charge in [0.05, 0.1) is 18.2 Å². The van der Waals surface area contributed by atoms with Crippen molar-refractivity contribution >= 4 is 23.2 Å². The first-order valence-corrected chi connectivity index (χ1v) is 5.58. The van der Waals surface area contributed by atoms with Gasteiger partial charge >= 0.3 is 0 Å². The third kappa shape index (κ3) is 2.21. The lowest BCUT2D eigenvalue weighted by Crippen LogP contribution is -2.10. The highest BCUT2D eigenvalue weighted by Crippen LogP contribution is 2.23. The summed E-state index contributed by atoms with van der Waals surface area (Å²) in [4.78, 5) is 4.08. The second kappa shape index (κ2) is 4.45. The molecule has 1 unspecified atom stereocenters. The maximum atomic E-state index is 5.95. The average molecular weight is 256 g/mol. The highest BCUT2D eigenvalue weighted by atomic mass is 35.5. The molecule has 0 fully saturated rings. The molecular weight excluding hydrogens is 245 g/mol. The number of aromatic nitrogens is 2. The molecule has 2 N–H and O–H groups in total. The summed E-state index contributed by atoms with van der Waals surface area (Å²) in [5.74, 6) is 0. The predicted molar refractivity (Wildman–Crippen MR) is 66.2 cm³/mol. The molecule has 2 rings (SSSR count). The van der Waals surface area contributed by atoms with Crippen molar-refractivity contribution in [3.05, 3.63) is 46.5 Å². The fourth-order valence-electron chi connectivity index (χ4n) is 1.54. The summed E-state index contributed by atoms with van der Waals surface area (Å²) in [6.07, 6.45) is 3.43. The Morgan fingerprint density at radius 2 is 1.88 bits per heavy atom. The van der Waals surface area contributed by atoms with Crippen LogP contribution in [0.25, 0.3) is 5.69 Å². The topological polar surface area (TPSA) is 43.8 Å². The summed E-state index contributed by atoms with van der Waals surface area (Å²) in [6.45, 7) is 1.90. The van der Waals surface area contributed by atoms with E-state index in [0.29, 0.717) is 10.0 Å². The summed E-state index contributed by atoms with van der Waals surface area (Å²) in [5, 5.41) is 1.18. The van der Waals surface area contributed by atoms with Crippen LogP contribution in [-0.4, -0.2) is 9.55 Å². The van der Waals surface area contributed by atoms with Crippen molar-refractivity contribution in [1.29, 1.82) is 0 Å². The maximum Gasteiger partial charge on any atom is 0.0994 e. The minimum absolute atomic E-state index is 0.0970. The van der Waals surface area contributed by atoms with Crippen molar-refractivity contribution in [2.75, 3.05) is 0 Å². The van der Waals surface area contributed by atoms with E-state index in [4.69, 9.17) is 28.9 Å². The van der Waals surface area contributed by atoms with Gasteiger partial charge in [0.2, 0.25) is 0 Å². The van der Waals surface area contributed by atoms with Crippen LogP contribution >= 0.6 is 23.2 Å². The van der Waals surface area contributed by atoms with Crippen LogP contribution in [0, 0.1) is 0 Å². The van der Waals surface area contributed by atoms with Crippen LogP contribution in [0.4, 0.5) is 0 Å². The standard InChI is InChI=1S/C11H11Cl2N3/c1-7(14)11-5-15-6-16(11)10-3-8(12)2-9(13)4-10/h2-7H,14H2,1H3. The third-order valence-corrected chi connectivity index (χ3v) is 2.70. The lowest BCUT2D eigenvalue weighted by Gasteiger charge is -2.11. The Morgan fingerprint density at radius 1 is 1.25 bits per heavy atom. The first-order chi connectivity index (χ1) is 7.58. The summed E-state index contributed by atoms with van der Waals surface area (Å²) in [6, 6.07) is 5.23. The van der Waals surface area contributed by atoms with Gasteiger partial charge in [-0.05, 0) is 25.1 Å². The molecule has 84 valence electrons. The van der Waals surface area contributed by atoms with E-state index in [1.807, 2.05) is 23.6 Å². The third-order valence-electron chi connectivity index (χ3n) is 2.26. The molecule has 2 aromatic rings. The van der Waals surface area contributed by atoms with E-state index in [9.17, 15) is 0 Å².